The Morgan fingerprint density at radius 3 is 2.75 bits per heavy atom. The van der Waals surface area contributed by atoms with Crippen molar-refractivity contribution < 1.29 is 4.74 Å². The van der Waals surface area contributed by atoms with Crippen LogP contribution in [0.15, 0.2) is 24.3 Å². The molecule has 1 aromatic rings. The van der Waals surface area contributed by atoms with Gasteiger partial charge in [0.2, 0.25) is 0 Å². The van der Waals surface area contributed by atoms with Gasteiger partial charge in [-0.2, -0.15) is 0 Å². The molecule has 0 radical (unpaired) electrons. The molecule has 0 bridgehead atoms. The molecule has 3 heteroatoms. The van der Waals surface area contributed by atoms with Crippen molar-refractivity contribution in [1.29, 1.82) is 0 Å². The van der Waals surface area contributed by atoms with Crippen LogP contribution in [-0.2, 0) is 6.54 Å². The zero-order valence-electron chi connectivity index (χ0n) is 12.5. The third kappa shape index (κ3) is 3.74. The average molecular weight is 274 g/mol. The van der Waals surface area contributed by atoms with Crippen LogP contribution < -0.4 is 10.1 Å². The van der Waals surface area contributed by atoms with E-state index < -0.39 is 0 Å². The molecule has 2 fully saturated rings. The molecule has 1 saturated heterocycles. The molecular weight excluding hydrogens is 248 g/mol. The molecule has 0 aromatic heterocycles. The van der Waals surface area contributed by atoms with Crippen molar-refractivity contribution in [2.45, 2.75) is 38.3 Å². The summed E-state index contributed by atoms with van der Waals surface area (Å²) in [5, 5.41) is 3.62. The van der Waals surface area contributed by atoms with Crippen LogP contribution in [0.3, 0.4) is 0 Å². The number of nitrogens with zero attached hydrogens (tertiary/aromatic N) is 1. The number of ether oxygens (including phenoxy) is 1. The lowest BCUT2D eigenvalue weighted by Gasteiger charge is -2.26. The van der Waals surface area contributed by atoms with Gasteiger partial charge in [0.05, 0.1) is 7.11 Å². The Kier molecular flexibility index (Phi) is 4.58. The largest absolute Gasteiger partial charge is 0.496 e. The van der Waals surface area contributed by atoms with Gasteiger partial charge in [0.25, 0.3) is 0 Å². The van der Waals surface area contributed by atoms with Gasteiger partial charge in [-0.15, -0.1) is 0 Å². The van der Waals surface area contributed by atoms with Crippen LogP contribution in [0.25, 0.3) is 0 Å². The molecule has 2 aliphatic rings. The summed E-state index contributed by atoms with van der Waals surface area (Å²) in [5.74, 6) is 1.96. The fourth-order valence-corrected chi connectivity index (χ4v) is 3.17. The minimum Gasteiger partial charge on any atom is -0.496 e. The van der Waals surface area contributed by atoms with E-state index in [4.69, 9.17) is 4.74 Å². The van der Waals surface area contributed by atoms with E-state index in [9.17, 15) is 0 Å². The number of hydrogen-bond acceptors (Lipinski definition) is 3. The molecule has 1 aliphatic heterocycles. The molecule has 1 saturated carbocycles. The molecule has 3 nitrogen and oxygen atoms in total. The van der Waals surface area contributed by atoms with E-state index in [2.05, 4.69) is 28.4 Å². The predicted molar refractivity (Wildman–Crippen MR) is 82.0 cm³/mol. The monoisotopic (exact) mass is 274 g/mol. The Morgan fingerprint density at radius 2 is 2.05 bits per heavy atom. The smallest absolute Gasteiger partial charge is 0.123 e. The van der Waals surface area contributed by atoms with Crippen LogP contribution >= 0.6 is 0 Å². The molecule has 1 aliphatic carbocycles. The molecule has 1 N–H and O–H groups in total. The van der Waals surface area contributed by atoms with Gasteiger partial charge in [-0.3, -0.25) is 4.90 Å². The maximum atomic E-state index is 5.49. The van der Waals surface area contributed by atoms with Crippen molar-refractivity contribution in [3.8, 4) is 5.75 Å². The minimum absolute atomic E-state index is 0.684. The number of nitrogens with one attached hydrogen (secondary N) is 1. The summed E-state index contributed by atoms with van der Waals surface area (Å²) >= 11 is 0. The lowest BCUT2D eigenvalue weighted by Crippen LogP contribution is -2.38. The molecule has 1 heterocycles. The van der Waals surface area contributed by atoms with E-state index >= 15 is 0 Å². The summed E-state index contributed by atoms with van der Waals surface area (Å²) in [5.41, 5.74) is 1.31. The topological polar surface area (TPSA) is 24.5 Å². The second-order valence-corrected chi connectivity index (χ2v) is 6.24. The Morgan fingerprint density at radius 1 is 1.20 bits per heavy atom. The van der Waals surface area contributed by atoms with Gasteiger partial charge in [0.1, 0.15) is 5.75 Å². The third-order valence-electron chi connectivity index (χ3n) is 4.44. The van der Waals surface area contributed by atoms with Crippen molar-refractivity contribution in [3.05, 3.63) is 29.8 Å². The van der Waals surface area contributed by atoms with E-state index in [1.807, 2.05) is 6.07 Å². The Labute approximate surface area is 122 Å². The SMILES string of the molecule is COc1ccccc1CN(CC1CC1)CC1CCCN1. The van der Waals surface area contributed by atoms with Crippen molar-refractivity contribution in [3.63, 3.8) is 0 Å². The first-order valence-corrected chi connectivity index (χ1v) is 7.93. The molecule has 20 heavy (non-hydrogen) atoms. The summed E-state index contributed by atoms with van der Waals surface area (Å²) in [6.45, 7) is 4.63. The van der Waals surface area contributed by atoms with Gasteiger partial charge in [0, 0.05) is 31.2 Å². The quantitative estimate of drug-likeness (QED) is 0.827. The fraction of sp³-hybridized carbons (Fsp3) is 0.647. The minimum atomic E-state index is 0.684. The van der Waals surface area contributed by atoms with Gasteiger partial charge < -0.3 is 10.1 Å². The van der Waals surface area contributed by atoms with Crippen molar-refractivity contribution >= 4 is 0 Å². The van der Waals surface area contributed by atoms with Crippen LogP contribution in [0.5, 0.6) is 5.75 Å². The highest BCUT2D eigenvalue weighted by Gasteiger charge is 2.26. The second kappa shape index (κ2) is 6.59. The Hall–Kier alpha value is -1.06. The lowest BCUT2D eigenvalue weighted by atomic mass is 10.1. The maximum Gasteiger partial charge on any atom is 0.123 e. The van der Waals surface area contributed by atoms with Crippen LogP contribution in [0.4, 0.5) is 0 Å². The molecule has 3 rings (SSSR count). The summed E-state index contributed by atoms with van der Waals surface area (Å²) < 4.78 is 5.49. The zero-order chi connectivity index (χ0) is 13.8. The number of para-hydroxylation sites is 1. The first-order chi connectivity index (χ1) is 9.85. The zero-order valence-corrected chi connectivity index (χ0v) is 12.5. The molecule has 0 spiro atoms. The van der Waals surface area contributed by atoms with Crippen LogP contribution in [0.1, 0.15) is 31.2 Å². The molecular formula is C17H26N2O. The summed E-state index contributed by atoms with van der Waals surface area (Å²) in [6, 6.07) is 9.11. The predicted octanol–water partition coefficient (Wildman–Crippen LogP) is 2.66. The number of methoxy groups -OCH3 is 1. The second-order valence-electron chi connectivity index (χ2n) is 6.24. The number of hydrogen-bond donors (Lipinski definition) is 1. The van der Waals surface area contributed by atoms with E-state index in [-0.39, 0.29) is 0 Å². The molecule has 0 amide bonds. The highest BCUT2D eigenvalue weighted by molar-refractivity contribution is 5.33. The standard InChI is InChI=1S/C17H26N2O/c1-20-17-7-3-2-5-15(17)12-19(11-14-8-9-14)13-16-6-4-10-18-16/h2-3,5,7,14,16,18H,4,6,8-13H2,1H3. The molecule has 110 valence electrons. The van der Waals surface area contributed by atoms with Gasteiger partial charge in [-0.05, 0) is 44.2 Å². The molecule has 1 aromatic carbocycles. The van der Waals surface area contributed by atoms with E-state index in [0.717, 1.165) is 18.2 Å². The highest BCUT2D eigenvalue weighted by atomic mass is 16.5. The summed E-state index contributed by atoms with van der Waals surface area (Å²) in [4.78, 5) is 2.62. The Bertz CT molecular complexity index is 425. The highest BCUT2D eigenvalue weighted by Crippen LogP contribution is 2.31. The van der Waals surface area contributed by atoms with Gasteiger partial charge in [-0.25, -0.2) is 0 Å². The first-order valence-electron chi connectivity index (χ1n) is 7.93. The van der Waals surface area contributed by atoms with Crippen molar-refractivity contribution in [1.82, 2.24) is 10.2 Å². The molecule has 1 atom stereocenters. The van der Waals surface area contributed by atoms with E-state index in [0.29, 0.717) is 6.04 Å². The van der Waals surface area contributed by atoms with E-state index in [1.54, 1.807) is 7.11 Å². The first kappa shape index (κ1) is 13.9. The molecule has 1 unspecified atom stereocenters. The van der Waals surface area contributed by atoms with Gasteiger partial charge >= 0.3 is 0 Å². The van der Waals surface area contributed by atoms with Crippen LogP contribution in [-0.4, -0.2) is 37.7 Å². The van der Waals surface area contributed by atoms with Gasteiger partial charge in [-0.1, -0.05) is 18.2 Å². The van der Waals surface area contributed by atoms with Gasteiger partial charge in [0.15, 0.2) is 0 Å². The van der Waals surface area contributed by atoms with E-state index in [1.165, 1.54) is 50.9 Å². The van der Waals surface area contributed by atoms with Crippen LogP contribution in [0.2, 0.25) is 0 Å². The third-order valence-corrected chi connectivity index (χ3v) is 4.44. The number of benzene rings is 1. The number of rotatable bonds is 7. The average Bonchev–Trinajstić information content (AvgIpc) is 3.13. The van der Waals surface area contributed by atoms with Crippen molar-refractivity contribution in [2.75, 3.05) is 26.7 Å². The normalized spacial score (nSPS) is 22.4. The summed E-state index contributed by atoms with van der Waals surface area (Å²) in [7, 11) is 1.77. The Balaban J connectivity index is 1.64. The maximum absolute atomic E-state index is 5.49. The lowest BCUT2D eigenvalue weighted by molar-refractivity contribution is 0.229. The van der Waals surface area contributed by atoms with Crippen molar-refractivity contribution in [2.24, 2.45) is 5.92 Å². The van der Waals surface area contributed by atoms with Crippen LogP contribution in [0, 0.1) is 5.92 Å². The fourth-order valence-electron chi connectivity index (χ4n) is 3.17. The summed E-state index contributed by atoms with van der Waals surface area (Å²) in [6.07, 6.45) is 5.49.